The lowest BCUT2D eigenvalue weighted by atomic mass is 9.76. The van der Waals surface area contributed by atoms with Crippen LogP contribution in [-0.2, 0) is 10.2 Å². The van der Waals surface area contributed by atoms with Gasteiger partial charge in [-0.05, 0) is 56.2 Å². The van der Waals surface area contributed by atoms with Crippen LogP contribution in [0, 0.1) is 5.92 Å². The first kappa shape index (κ1) is 20.1. The molecule has 0 spiro atoms. The van der Waals surface area contributed by atoms with Gasteiger partial charge in [-0.3, -0.25) is 4.79 Å². The van der Waals surface area contributed by atoms with E-state index in [4.69, 9.17) is 10.5 Å². The molecule has 2 atom stereocenters. The van der Waals surface area contributed by atoms with E-state index in [0.717, 1.165) is 62.9 Å². The molecule has 1 heterocycles. The van der Waals surface area contributed by atoms with Gasteiger partial charge >= 0.3 is 0 Å². The molecule has 4 nitrogen and oxygen atoms in total. The number of likely N-dealkylation sites (tertiary alicyclic amines) is 1. The number of carbonyl (C=O) groups excluding carboxylic acids is 1. The summed E-state index contributed by atoms with van der Waals surface area (Å²) in [6.45, 7) is 3.74. The Labute approximate surface area is 157 Å². The second-order valence-corrected chi connectivity index (χ2v) is 7.53. The van der Waals surface area contributed by atoms with Gasteiger partial charge in [0.25, 0.3) is 0 Å². The molecule has 1 aliphatic heterocycles. The van der Waals surface area contributed by atoms with Crippen LogP contribution in [0.1, 0.15) is 51.0 Å². The van der Waals surface area contributed by atoms with Gasteiger partial charge in [-0.2, -0.15) is 0 Å². The number of carbonyl (C=O) groups is 1. The number of hydrogen-bond donors (Lipinski definition) is 1. The van der Waals surface area contributed by atoms with Crippen LogP contribution in [0.5, 0.6) is 5.75 Å². The third-order valence-corrected chi connectivity index (χ3v) is 5.98. The lowest BCUT2D eigenvalue weighted by molar-refractivity contribution is -0.139. The van der Waals surface area contributed by atoms with Gasteiger partial charge < -0.3 is 15.4 Å². The third kappa shape index (κ3) is 3.95. The summed E-state index contributed by atoms with van der Waals surface area (Å²) in [5.41, 5.74) is 6.86. The average Bonchev–Trinajstić information content (AvgIpc) is 3.12. The van der Waals surface area contributed by atoms with Crippen molar-refractivity contribution in [2.24, 2.45) is 11.7 Å². The predicted octanol–water partition coefficient (Wildman–Crippen LogP) is 3.51. The van der Waals surface area contributed by atoms with Gasteiger partial charge in [0.1, 0.15) is 5.75 Å². The van der Waals surface area contributed by atoms with Crippen LogP contribution in [0.15, 0.2) is 24.3 Å². The highest BCUT2D eigenvalue weighted by atomic mass is 35.5. The highest BCUT2D eigenvalue weighted by molar-refractivity contribution is 5.89. The number of nitrogens with two attached hydrogens (primary N) is 1. The van der Waals surface area contributed by atoms with Crippen LogP contribution < -0.4 is 10.5 Å². The van der Waals surface area contributed by atoms with E-state index in [1.165, 1.54) is 0 Å². The molecule has 1 amide bonds. The van der Waals surface area contributed by atoms with E-state index in [1.807, 2.05) is 12.1 Å². The largest absolute Gasteiger partial charge is 0.497 e. The number of methoxy groups -OCH3 is 1. The Morgan fingerprint density at radius 2 is 2.04 bits per heavy atom. The van der Waals surface area contributed by atoms with E-state index in [9.17, 15) is 4.79 Å². The third-order valence-electron chi connectivity index (χ3n) is 5.98. The van der Waals surface area contributed by atoms with Gasteiger partial charge in [-0.25, -0.2) is 0 Å². The number of halogens is 1. The van der Waals surface area contributed by atoms with Gasteiger partial charge in [-0.15, -0.1) is 12.4 Å². The van der Waals surface area contributed by atoms with Crippen LogP contribution in [0.25, 0.3) is 0 Å². The molecule has 2 N–H and O–H groups in total. The molecule has 25 heavy (non-hydrogen) atoms. The number of amides is 1. The molecule has 1 aromatic rings. The van der Waals surface area contributed by atoms with Crippen molar-refractivity contribution in [3.8, 4) is 5.75 Å². The number of nitrogens with zero attached hydrogens (tertiary/aromatic N) is 1. The quantitative estimate of drug-likeness (QED) is 0.887. The molecule has 3 rings (SSSR count). The normalized spacial score (nSPS) is 23.6. The zero-order chi connectivity index (χ0) is 17.2. The van der Waals surface area contributed by atoms with E-state index in [1.54, 1.807) is 7.11 Å². The van der Waals surface area contributed by atoms with Gasteiger partial charge in [0.15, 0.2) is 0 Å². The Morgan fingerprint density at radius 3 is 2.68 bits per heavy atom. The minimum absolute atomic E-state index is 0. The summed E-state index contributed by atoms with van der Waals surface area (Å²) >= 11 is 0. The smallest absolute Gasteiger partial charge is 0.233 e. The summed E-state index contributed by atoms with van der Waals surface area (Å²) in [5.74, 6) is 1.56. The van der Waals surface area contributed by atoms with Crippen LogP contribution in [0.3, 0.4) is 0 Å². The highest BCUT2D eigenvalue weighted by Crippen LogP contribution is 2.44. The average molecular weight is 367 g/mol. The fourth-order valence-corrected chi connectivity index (χ4v) is 4.45. The maximum absolute atomic E-state index is 13.5. The van der Waals surface area contributed by atoms with Crippen molar-refractivity contribution in [3.63, 3.8) is 0 Å². The summed E-state index contributed by atoms with van der Waals surface area (Å²) in [6.07, 6.45) is 6.32. The van der Waals surface area contributed by atoms with Crippen molar-refractivity contribution in [3.05, 3.63) is 29.8 Å². The Balaban J connectivity index is 0.00000225. The monoisotopic (exact) mass is 366 g/mol. The van der Waals surface area contributed by atoms with E-state index >= 15 is 0 Å². The number of piperidine rings is 1. The summed E-state index contributed by atoms with van der Waals surface area (Å²) < 4.78 is 5.39. The molecule has 1 aromatic carbocycles. The second kappa shape index (κ2) is 8.41. The van der Waals surface area contributed by atoms with Crippen molar-refractivity contribution in [1.82, 2.24) is 4.90 Å². The van der Waals surface area contributed by atoms with Crippen molar-refractivity contribution in [2.45, 2.75) is 56.9 Å². The Kier molecular flexibility index (Phi) is 6.75. The van der Waals surface area contributed by atoms with Crippen molar-refractivity contribution < 1.29 is 9.53 Å². The predicted molar refractivity (Wildman–Crippen MR) is 103 cm³/mol. The molecule has 1 saturated carbocycles. The van der Waals surface area contributed by atoms with Crippen LogP contribution in [-0.4, -0.2) is 37.0 Å². The number of benzene rings is 1. The number of rotatable bonds is 4. The molecule has 5 heteroatoms. The van der Waals surface area contributed by atoms with Crippen LogP contribution in [0.4, 0.5) is 0 Å². The van der Waals surface area contributed by atoms with E-state index in [2.05, 4.69) is 24.0 Å². The highest BCUT2D eigenvalue weighted by Gasteiger charge is 2.45. The Hall–Kier alpha value is -1.26. The zero-order valence-corrected chi connectivity index (χ0v) is 16.2. The minimum Gasteiger partial charge on any atom is -0.497 e. The SMILES string of the molecule is COc1cccc(C2(C(=O)N3CCCC(C(C)N)C3)CCCC2)c1.Cl. The fraction of sp³-hybridized carbons (Fsp3) is 0.650. The molecular weight excluding hydrogens is 336 g/mol. The molecule has 140 valence electrons. The molecular formula is C20H31ClN2O2. The first-order valence-electron chi connectivity index (χ1n) is 9.26. The van der Waals surface area contributed by atoms with Crippen molar-refractivity contribution >= 4 is 18.3 Å². The zero-order valence-electron chi connectivity index (χ0n) is 15.4. The van der Waals surface area contributed by atoms with Gasteiger partial charge in [0.05, 0.1) is 12.5 Å². The number of ether oxygens (including phenoxy) is 1. The molecule has 2 fully saturated rings. The van der Waals surface area contributed by atoms with Crippen LogP contribution >= 0.6 is 12.4 Å². The lowest BCUT2D eigenvalue weighted by Crippen LogP contribution is -2.51. The fourth-order valence-electron chi connectivity index (χ4n) is 4.45. The summed E-state index contributed by atoms with van der Waals surface area (Å²) in [5, 5.41) is 0. The molecule has 2 unspecified atom stereocenters. The molecule has 0 bridgehead atoms. The maximum Gasteiger partial charge on any atom is 0.233 e. The molecule has 1 aliphatic carbocycles. The van der Waals surface area contributed by atoms with Gasteiger partial charge in [-0.1, -0.05) is 25.0 Å². The number of hydrogen-bond acceptors (Lipinski definition) is 3. The van der Waals surface area contributed by atoms with E-state index in [0.29, 0.717) is 11.8 Å². The molecule has 0 aromatic heterocycles. The van der Waals surface area contributed by atoms with Crippen molar-refractivity contribution in [1.29, 1.82) is 0 Å². The maximum atomic E-state index is 13.5. The van der Waals surface area contributed by atoms with Gasteiger partial charge in [0, 0.05) is 19.1 Å². The van der Waals surface area contributed by atoms with Crippen LogP contribution in [0.2, 0.25) is 0 Å². The van der Waals surface area contributed by atoms with Gasteiger partial charge in [0.2, 0.25) is 5.91 Å². The summed E-state index contributed by atoms with van der Waals surface area (Å²) in [7, 11) is 1.68. The first-order valence-corrected chi connectivity index (χ1v) is 9.26. The minimum atomic E-state index is -0.367. The molecule has 2 aliphatic rings. The topological polar surface area (TPSA) is 55.6 Å². The standard InChI is InChI=1S/C20H30N2O2.ClH/c1-15(21)16-7-6-12-22(14-16)19(23)20(10-3-4-11-20)17-8-5-9-18(13-17)24-2;/h5,8-9,13,15-16H,3-4,6-7,10-12,14,21H2,1-2H3;1H. The second-order valence-electron chi connectivity index (χ2n) is 7.53. The summed E-state index contributed by atoms with van der Waals surface area (Å²) in [6, 6.07) is 8.25. The first-order chi connectivity index (χ1) is 11.6. The van der Waals surface area contributed by atoms with E-state index in [-0.39, 0.29) is 23.9 Å². The lowest BCUT2D eigenvalue weighted by Gasteiger charge is -2.40. The van der Waals surface area contributed by atoms with E-state index < -0.39 is 0 Å². The van der Waals surface area contributed by atoms with Crippen molar-refractivity contribution in [2.75, 3.05) is 20.2 Å². The molecule has 0 radical (unpaired) electrons. The molecule has 1 saturated heterocycles. The summed E-state index contributed by atoms with van der Waals surface area (Å²) in [4.78, 5) is 15.6. The Bertz CT molecular complexity index is 585. The Morgan fingerprint density at radius 1 is 1.32 bits per heavy atom.